The number of hydrogen-bond acceptors (Lipinski definition) is 3. The van der Waals surface area contributed by atoms with E-state index in [0.717, 1.165) is 23.4 Å². The smallest absolute Gasteiger partial charge is 0.308 e. The molecule has 0 saturated carbocycles. The molecule has 1 aromatic heterocycles. The molecule has 1 fully saturated rings. The number of hydrogen-bond donors (Lipinski definition) is 1. The lowest BCUT2D eigenvalue weighted by molar-refractivity contribution is -0.142. The molecule has 3 atom stereocenters. The van der Waals surface area contributed by atoms with Crippen molar-refractivity contribution in [3.63, 3.8) is 0 Å². The van der Waals surface area contributed by atoms with Crippen LogP contribution in [0.1, 0.15) is 25.7 Å². The number of aromatic nitrogens is 2. The summed E-state index contributed by atoms with van der Waals surface area (Å²) in [5.74, 6) is 0.207. The highest BCUT2D eigenvalue weighted by Gasteiger charge is 2.37. The third-order valence-corrected chi connectivity index (χ3v) is 4.70. The third kappa shape index (κ3) is 2.31. The van der Waals surface area contributed by atoms with Crippen LogP contribution in [0, 0.1) is 11.8 Å². The zero-order valence-corrected chi connectivity index (χ0v) is 12.7. The first-order chi connectivity index (χ1) is 9.99. The Bertz CT molecular complexity index is 679. The van der Waals surface area contributed by atoms with Crippen molar-refractivity contribution in [1.82, 2.24) is 14.5 Å². The van der Waals surface area contributed by atoms with E-state index in [2.05, 4.69) is 22.5 Å². The number of benzene rings is 1. The molecule has 1 unspecified atom stereocenters. The van der Waals surface area contributed by atoms with Crippen molar-refractivity contribution in [1.29, 1.82) is 0 Å². The molecule has 1 aromatic carbocycles. The van der Waals surface area contributed by atoms with Crippen LogP contribution in [-0.2, 0) is 11.8 Å². The van der Waals surface area contributed by atoms with Gasteiger partial charge in [-0.1, -0.05) is 19.1 Å². The fourth-order valence-corrected chi connectivity index (χ4v) is 3.34. The van der Waals surface area contributed by atoms with Crippen molar-refractivity contribution >= 4 is 17.0 Å². The van der Waals surface area contributed by atoms with Crippen molar-refractivity contribution in [3.8, 4) is 0 Å². The Kier molecular flexibility index (Phi) is 3.45. The van der Waals surface area contributed by atoms with Crippen LogP contribution in [0.2, 0.25) is 0 Å². The standard InChI is InChI=1S/C16H21N3O2/c1-10-8-19(9-12(10)16(20)21)11(2)15-17-13-6-4-5-7-14(13)18(15)3/h4-7,10-12H,8-9H2,1-3H3,(H,20,21)/t10-,11?,12-/m1/s1. The van der Waals surface area contributed by atoms with E-state index in [0.29, 0.717) is 6.54 Å². The van der Waals surface area contributed by atoms with Crippen molar-refractivity contribution in [2.45, 2.75) is 19.9 Å². The van der Waals surface area contributed by atoms with E-state index in [1.807, 2.05) is 32.2 Å². The summed E-state index contributed by atoms with van der Waals surface area (Å²) in [6, 6.07) is 8.19. The molecule has 5 nitrogen and oxygen atoms in total. The molecule has 1 saturated heterocycles. The van der Waals surface area contributed by atoms with E-state index in [-0.39, 0.29) is 17.9 Å². The van der Waals surface area contributed by atoms with Gasteiger partial charge in [-0.3, -0.25) is 9.69 Å². The second-order valence-electron chi connectivity index (χ2n) is 6.07. The number of likely N-dealkylation sites (tertiary alicyclic amines) is 1. The Morgan fingerprint density at radius 2 is 2.10 bits per heavy atom. The number of imidazole rings is 1. The van der Waals surface area contributed by atoms with Gasteiger partial charge in [-0.25, -0.2) is 4.98 Å². The molecule has 0 spiro atoms. The molecule has 2 aromatic rings. The number of carbonyl (C=O) groups is 1. The zero-order chi connectivity index (χ0) is 15.1. The lowest BCUT2D eigenvalue weighted by atomic mass is 9.99. The monoisotopic (exact) mass is 287 g/mol. The van der Waals surface area contributed by atoms with Crippen LogP contribution in [0.3, 0.4) is 0 Å². The van der Waals surface area contributed by atoms with Crippen LogP contribution >= 0.6 is 0 Å². The van der Waals surface area contributed by atoms with Crippen molar-refractivity contribution in [3.05, 3.63) is 30.1 Å². The van der Waals surface area contributed by atoms with Crippen molar-refractivity contribution in [2.75, 3.05) is 13.1 Å². The number of carboxylic acid groups (broad SMARTS) is 1. The fourth-order valence-electron chi connectivity index (χ4n) is 3.34. The highest BCUT2D eigenvalue weighted by Crippen LogP contribution is 2.31. The molecule has 1 N–H and O–H groups in total. The summed E-state index contributed by atoms with van der Waals surface area (Å²) in [5, 5.41) is 9.28. The predicted molar refractivity (Wildman–Crippen MR) is 81.0 cm³/mol. The van der Waals surface area contributed by atoms with Crippen molar-refractivity contribution in [2.24, 2.45) is 18.9 Å². The second kappa shape index (κ2) is 5.15. The van der Waals surface area contributed by atoms with E-state index in [1.54, 1.807) is 0 Å². The Morgan fingerprint density at radius 3 is 2.71 bits per heavy atom. The van der Waals surface area contributed by atoms with Gasteiger partial charge in [0.15, 0.2) is 0 Å². The Labute approximate surface area is 124 Å². The molecule has 5 heteroatoms. The third-order valence-electron chi connectivity index (χ3n) is 4.70. The molecular formula is C16H21N3O2. The summed E-state index contributed by atoms with van der Waals surface area (Å²) in [6.07, 6.45) is 0. The lowest BCUT2D eigenvalue weighted by Crippen LogP contribution is -2.28. The number of para-hydroxylation sites is 2. The van der Waals surface area contributed by atoms with Gasteiger partial charge in [0.1, 0.15) is 5.82 Å². The number of carboxylic acids is 1. The number of nitrogens with zero attached hydrogens (tertiary/aromatic N) is 3. The SMILES string of the molecule is CC(c1nc2ccccc2n1C)N1C[C@@H](C)[C@H](C(=O)O)C1. The summed E-state index contributed by atoms with van der Waals surface area (Å²) >= 11 is 0. The van der Waals surface area contributed by atoms with Gasteiger partial charge in [-0.2, -0.15) is 0 Å². The van der Waals surface area contributed by atoms with E-state index in [4.69, 9.17) is 4.98 Å². The summed E-state index contributed by atoms with van der Waals surface area (Å²) in [5.41, 5.74) is 2.10. The zero-order valence-electron chi connectivity index (χ0n) is 12.7. The molecule has 0 amide bonds. The average Bonchev–Trinajstić information content (AvgIpc) is 3.00. The second-order valence-corrected chi connectivity index (χ2v) is 6.07. The van der Waals surface area contributed by atoms with Gasteiger partial charge in [0.2, 0.25) is 0 Å². The topological polar surface area (TPSA) is 58.4 Å². The summed E-state index contributed by atoms with van der Waals surface area (Å²) in [4.78, 5) is 18.2. The average molecular weight is 287 g/mol. The van der Waals surface area contributed by atoms with Crippen LogP contribution < -0.4 is 0 Å². The lowest BCUT2D eigenvalue weighted by Gasteiger charge is -2.23. The summed E-state index contributed by atoms with van der Waals surface area (Å²) in [6.45, 7) is 5.53. The molecule has 1 aliphatic heterocycles. The Morgan fingerprint density at radius 1 is 1.38 bits per heavy atom. The summed E-state index contributed by atoms with van der Waals surface area (Å²) < 4.78 is 2.11. The maximum Gasteiger partial charge on any atom is 0.308 e. The van der Waals surface area contributed by atoms with E-state index in [9.17, 15) is 9.90 Å². The minimum atomic E-state index is -0.692. The number of fused-ring (bicyclic) bond motifs is 1. The number of aliphatic carboxylic acids is 1. The Balaban J connectivity index is 1.89. The molecule has 0 bridgehead atoms. The minimum Gasteiger partial charge on any atom is -0.481 e. The van der Waals surface area contributed by atoms with E-state index < -0.39 is 5.97 Å². The molecular weight excluding hydrogens is 266 g/mol. The van der Waals surface area contributed by atoms with Gasteiger partial charge in [-0.05, 0) is 25.0 Å². The van der Waals surface area contributed by atoms with Gasteiger partial charge in [0.25, 0.3) is 0 Å². The molecule has 112 valence electrons. The van der Waals surface area contributed by atoms with Crippen LogP contribution in [0.4, 0.5) is 0 Å². The molecule has 1 aliphatic rings. The van der Waals surface area contributed by atoms with Crippen molar-refractivity contribution < 1.29 is 9.90 Å². The molecule has 0 aliphatic carbocycles. The minimum absolute atomic E-state index is 0.120. The van der Waals surface area contributed by atoms with Crippen LogP contribution in [0.15, 0.2) is 24.3 Å². The first-order valence-electron chi connectivity index (χ1n) is 7.37. The maximum absolute atomic E-state index is 11.3. The Hall–Kier alpha value is -1.88. The fraction of sp³-hybridized carbons (Fsp3) is 0.500. The molecule has 3 rings (SSSR count). The predicted octanol–water partition coefficient (Wildman–Crippen LogP) is 2.29. The van der Waals surface area contributed by atoms with Crippen LogP contribution in [0.5, 0.6) is 0 Å². The highest BCUT2D eigenvalue weighted by atomic mass is 16.4. The molecule has 2 heterocycles. The number of aryl methyl sites for hydroxylation is 1. The highest BCUT2D eigenvalue weighted by molar-refractivity contribution is 5.76. The largest absolute Gasteiger partial charge is 0.481 e. The first-order valence-corrected chi connectivity index (χ1v) is 7.37. The molecule has 0 radical (unpaired) electrons. The van der Waals surface area contributed by atoms with Crippen LogP contribution in [-0.4, -0.2) is 38.6 Å². The number of rotatable bonds is 3. The van der Waals surface area contributed by atoms with Gasteiger partial charge in [0, 0.05) is 20.1 Å². The van der Waals surface area contributed by atoms with Crippen LogP contribution in [0.25, 0.3) is 11.0 Å². The normalized spacial score (nSPS) is 24.5. The maximum atomic E-state index is 11.3. The van der Waals surface area contributed by atoms with Gasteiger partial charge in [0.05, 0.1) is 23.0 Å². The first kappa shape index (κ1) is 14.1. The van der Waals surface area contributed by atoms with E-state index in [1.165, 1.54) is 0 Å². The van der Waals surface area contributed by atoms with Gasteiger partial charge >= 0.3 is 5.97 Å². The van der Waals surface area contributed by atoms with Gasteiger partial charge in [-0.15, -0.1) is 0 Å². The van der Waals surface area contributed by atoms with E-state index >= 15 is 0 Å². The van der Waals surface area contributed by atoms with Gasteiger partial charge < -0.3 is 9.67 Å². The quantitative estimate of drug-likeness (QED) is 0.941. The molecule has 21 heavy (non-hydrogen) atoms. The summed E-state index contributed by atoms with van der Waals surface area (Å²) in [7, 11) is 2.02.